The van der Waals surface area contributed by atoms with E-state index in [1.807, 2.05) is 0 Å². The number of thioether (sulfide) groups is 1. The highest BCUT2D eigenvalue weighted by molar-refractivity contribution is 8.00. The van der Waals surface area contributed by atoms with Gasteiger partial charge < -0.3 is 10.3 Å². The Morgan fingerprint density at radius 1 is 1.00 bits per heavy atom. The van der Waals surface area contributed by atoms with Gasteiger partial charge in [-0.05, 0) is 71.9 Å². The van der Waals surface area contributed by atoms with Gasteiger partial charge in [0.25, 0.3) is 0 Å². The molecule has 2 saturated carbocycles. The summed E-state index contributed by atoms with van der Waals surface area (Å²) >= 11 is 2.90. The van der Waals surface area contributed by atoms with Crippen LogP contribution in [0.25, 0.3) is 0 Å². The zero-order chi connectivity index (χ0) is 29.7. The van der Waals surface area contributed by atoms with Crippen LogP contribution in [-0.4, -0.2) is 38.9 Å². The summed E-state index contributed by atoms with van der Waals surface area (Å²) in [6, 6.07) is 13.0. The van der Waals surface area contributed by atoms with E-state index >= 15 is 0 Å². The molecule has 10 heteroatoms. The molecule has 2 aromatic carbocycles. The smallest absolute Gasteiger partial charge is 0.305 e. The lowest BCUT2D eigenvalue weighted by molar-refractivity contribution is -0.146. The van der Waals surface area contributed by atoms with Crippen molar-refractivity contribution in [1.82, 2.24) is 9.88 Å². The largest absolute Gasteiger partial charge is 0.324 e. The predicted molar refractivity (Wildman–Crippen MR) is 160 cm³/mol. The quantitative estimate of drug-likeness (QED) is 0.390. The number of anilines is 1. The van der Waals surface area contributed by atoms with Gasteiger partial charge in [0.2, 0.25) is 17.7 Å². The van der Waals surface area contributed by atoms with Crippen molar-refractivity contribution in [2.24, 2.45) is 29.6 Å². The highest BCUT2D eigenvalue weighted by Crippen LogP contribution is 2.68. The summed E-state index contributed by atoms with van der Waals surface area (Å²) in [6.45, 7) is 8.10. The number of aromatic nitrogens is 1. The van der Waals surface area contributed by atoms with Crippen LogP contribution in [0.3, 0.4) is 0 Å². The Labute approximate surface area is 251 Å². The highest BCUT2D eigenvalue weighted by Gasteiger charge is 2.70. The summed E-state index contributed by atoms with van der Waals surface area (Å²) in [5.74, 6) is -2.40. The molecule has 2 N–H and O–H groups in total. The van der Waals surface area contributed by atoms with E-state index < -0.39 is 29.6 Å². The van der Waals surface area contributed by atoms with Gasteiger partial charge in [0.15, 0.2) is 0 Å². The maximum atomic E-state index is 14.0. The highest BCUT2D eigenvalue weighted by atomic mass is 32.2. The summed E-state index contributed by atoms with van der Waals surface area (Å²) in [4.78, 5) is 58.6. The van der Waals surface area contributed by atoms with Crippen molar-refractivity contribution in [2.45, 2.75) is 61.8 Å². The van der Waals surface area contributed by atoms with Crippen molar-refractivity contribution in [3.63, 3.8) is 0 Å². The molecule has 218 valence electrons. The number of hydrogen-bond acceptors (Lipinski definition) is 6. The first-order valence-electron chi connectivity index (χ1n) is 14.4. The number of H-pyrrole nitrogens is 1. The first-order chi connectivity index (χ1) is 19.9. The molecule has 7 rings (SSSR count). The van der Waals surface area contributed by atoms with Crippen LogP contribution < -0.4 is 10.2 Å². The number of halogens is 1. The van der Waals surface area contributed by atoms with Crippen molar-refractivity contribution >= 4 is 46.5 Å². The number of nitrogens with one attached hydrogen (secondary N) is 2. The third-order valence-corrected chi connectivity index (χ3v) is 12.4. The van der Waals surface area contributed by atoms with E-state index in [0.29, 0.717) is 5.69 Å². The van der Waals surface area contributed by atoms with Crippen molar-refractivity contribution in [3.05, 3.63) is 80.0 Å². The number of thiazole rings is 1. The molecule has 3 amide bonds. The molecule has 2 aliphatic heterocycles. The van der Waals surface area contributed by atoms with E-state index in [2.05, 4.69) is 55.3 Å². The minimum atomic E-state index is -0.992. The van der Waals surface area contributed by atoms with E-state index in [4.69, 9.17) is 0 Å². The van der Waals surface area contributed by atoms with Gasteiger partial charge in [0.1, 0.15) is 11.9 Å². The molecule has 7 nitrogen and oxygen atoms in total. The van der Waals surface area contributed by atoms with E-state index in [1.54, 1.807) is 18.7 Å². The maximum Gasteiger partial charge on any atom is 0.305 e. The Morgan fingerprint density at radius 2 is 1.64 bits per heavy atom. The molecule has 42 heavy (non-hydrogen) atoms. The number of imide groups is 1. The Morgan fingerprint density at radius 3 is 2.29 bits per heavy atom. The van der Waals surface area contributed by atoms with Gasteiger partial charge in [-0.1, -0.05) is 56.4 Å². The van der Waals surface area contributed by atoms with Gasteiger partial charge in [-0.25, -0.2) is 4.39 Å². The first-order valence-corrected chi connectivity index (χ1v) is 16.1. The number of amides is 3. The summed E-state index contributed by atoms with van der Waals surface area (Å²) in [5, 5.41) is 3.67. The molecular weight excluding hydrogens is 574 g/mol. The summed E-state index contributed by atoms with van der Waals surface area (Å²) in [5.41, 5.74) is 2.76. The molecule has 1 aromatic heterocycles. The summed E-state index contributed by atoms with van der Waals surface area (Å²) < 4.78 is 13.3. The van der Waals surface area contributed by atoms with Gasteiger partial charge in [-0.3, -0.25) is 24.1 Å². The van der Waals surface area contributed by atoms with Crippen LogP contribution in [0.4, 0.5) is 10.1 Å². The second kappa shape index (κ2) is 9.64. The SMILES string of the molecule is CC(C(=O)Nc1ccc(F)cc1)N1C(=O)C2C3CC(C2C1=O)C1C(c2ccc(C(C)(C)C)cc2)c2sc(=O)[nH]c2SC31. The van der Waals surface area contributed by atoms with Crippen molar-refractivity contribution in [3.8, 4) is 0 Å². The maximum absolute atomic E-state index is 14.0. The normalized spacial score (nSPS) is 30.2. The zero-order valence-corrected chi connectivity index (χ0v) is 25.4. The standard InChI is InChI=1S/C32H32FN3O4S2/c1-14(27(37)34-18-11-9-17(33)10-12-18)36-29(38)23-19-13-20(24(23)30(36)39)25-22(19)21(26-28(41-25)35-31(40)42-26)15-5-7-16(8-6-15)32(2,3)4/h5-12,14,19-25H,13H2,1-4H3,(H,34,37)(H,35,40). The predicted octanol–water partition coefficient (Wildman–Crippen LogP) is 5.37. The average molecular weight is 606 g/mol. The van der Waals surface area contributed by atoms with Crippen molar-refractivity contribution in [2.75, 3.05) is 5.32 Å². The number of likely N-dealkylation sites (tertiary alicyclic amines) is 1. The lowest BCUT2D eigenvalue weighted by Gasteiger charge is -2.43. The molecule has 4 aliphatic rings. The van der Waals surface area contributed by atoms with E-state index in [1.165, 1.54) is 46.1 Å². The van der Waals surface area contributed by atoms with Crippen LogP contribution in [0, 0.1) is 35.4 Å². The number of rotatable bonds is 4. The van der Waals surface area contributed by atoms with Gasteiger partial charge in [0, 0.05) is 21.7 Å². The number of nitrogens with zero attached hydrogens (tertiary/aromatic N) is 1. The third-order valence-electron chi connectivity index (χ3n) is 9.77. The fourth-order valence-electron chi connectivity index (χ4n) is 7.88. The van der Waals surface area contributed by atoms with Crippen LogP contribution in [0.5, 0.6) is 0 Å². The van der Waals surface area contributed by atoms with E-state index in [9.17, 15) is 23.6 Å². The molecule has 8 atom stereocenters. The second-order valence-corrected chi connectivity index (χ2v) is 15.3. The van der Waals surface area contributed by atoms with Gasteiger partial charge in [0.05, 0.1) is 16.9 Å². The van der Waals surface area contributed by atoms with Crippen LogP contribution in [0.2, 0.25) is 0 Å². The number of carbonyl (C=O) groups excluding carboxylic acids is 3. The number of carbonyl (C=O) groups is 3. The number of aromatic amines is 1. The number of fused-ring (bicyclic) bond motifs is 9. The van der Waals surface area contributed by atoms with Gasteiger partial charge in [-0.15, -0.1) is 11.8 Å². The van der Waals surface area contributed by atoms with Crippen LogP contribution in [0.15, 0.2) is 58.4 Å². The second-order valence-electron chi connectivity index (χ2n) is 13.1. The monoisotopic (exact) mass is 605 g/mol. The number of benzene rings is 2. The Balaban J connectivity index is 1.20. The summed E-state index contributed by atoms with van der Waals surface area (Å²) in [7, 11) is 0. The molecule has 3 aromatic rings. The van der Waals surface area contributed by atoms with Crippen LogP contribution in [-0.2, 0) is 19.8 Å². The molecule has 0 spiro atoms. The van der Waals surface area contributed by atoms with E-state index in [0.717, 1.165) is 21.9 Å². The number of hydrogen-bond donors (Lipinski definition) is 2. The first kappa shape index (κ1) is 27.6. The molecular formula is C32H32FN3O4S2. The fourth-order valence-corrected chi connectivity index (χ4v) is 10.8. The Bertz CT molecular complexity index is 1660. The average Bonchev–Trinajstić information content (AvgIpc) is 3.68. The van der Waals surface area contributed by atoms with Gasteiger partial charge >= 0.3 is 4.87 Å². The van der Waals surface area contributed by atoms with Crippen LogP contribution >= 0.6 is 23.1 Å². The lowest BCUT2D eigenvalue weighted by Crippen LogP contribution is -2.46. The Hall–Kier alpha value is -3.24. The molecule has 8 unspecified atom stereocenters. The molecule has 3 fully saturated rings. The molecule has 3 heterocycles. The topological polar surface area (TPSA) is 99.3 Å². The van der Waals surface area contributed by atoms with Gasteiger partial charge in [-0.2, -0.15) is 0 Å². The lowest BCUT2D eigenvalue weighted by atomic mass is 9.68. The summed E-state index contributed by atoms with van der Waals surface area (Å²) in [6.07, 6.45) is 0.787. The van der Waals surface area contributed by atoms with Crippen molar-refractivity contribution in [1.29, 1.82) is 0 Å². The van der Waals surface area contributed by atoms with E-state index in [-0.39, 0.29) is 51.0 Å². The molecule has 2 aliphatic carbocycles. The Kier molecular flexibility index (Phi) is 6.33. The minimum absolute atomic E-state index is 0.00691. The molecule has 2 bridgehead atoms. The third kappa shape index (κ3) is 4.12. The fraction of sp³-hybridized carbons (Fsp3) is 0.438. The van der Waals surface area contributed by atoms with Crippen LogP contribution in [0.1, 0.15) is 56.0 Å². The van der Waals surface area contributed by atoms with Crippen molar-refractivity contribution < 1.29 is 18.8 Å². The zero-order valence-electron chi connectivity index (χ0n) is 23.7. The minimum Gasteiger partial charge on any atom is -0.324 e. The molecule has 0 radical (unpaired) electrons. The molecule has 1 saturated heterocycles.